The molecule has 3 aromatic carbocycles. The van der Waals surface area contributed by atoms with E-state index in [4.69, 9.17) is 11.6 Å². The number of sulfonamides is 1. The van der Waals surface area contributed by atoms with Gasteiger partial charge >= 0.3 is 0 Å². The molecular formula is C32H38ClN3O4S. The molecule has 0 aromatic heterocycles. The van der Waals surface area contributed by atoms with E-state index in [2.05, 4.69) is 5.32 Å². The number of aryl methyl sites for hydroxylation is 1. The summed E-state index contributed by atoms with van der Waals surface area (Å²) in [5.74, 6) is -0.687. The zero-order valence-electron chi connectivity index (χ0n) is 23.8. The molecule has 7 nitrogen and oxygen atoms in total. The summed E-state index contributed by atoms with van der Waals surface area (Å²) in [6.45, 7) is 5.15. The fourth-order valence-corrected chi connectivity index (χ4v) is 6.93. The predicted octanol–water partition coefficient (Wildman–Crippen LogP) is 6.02. The number of benzene rings is 3. The lowest BCUT2D eigenvalue weighted by Crippen LogP contribution is -2.53. The second kappa shape index (κ2) is 13.5. The highest BCUT2D eigenvalue weighted by molar-refractivity contribution is 7.92. The van der Waals surface area contributed by atoms with Gasteiger partial charge in [-0.05, 0) is 68.5 Å². The monoisotopic (exact) mass is 595 g/mol. The Morgan fingerprint density at radius 1 is 0.951 bits per heavy atom. The van der Waals surface area contributed by atoms with Gasteiger partial charge in [-0.15, -0.1) is 0 Å². The average molecular weight is 596 g/mol. The van der Waals surface area contributed by atoms with Gasteiger partial charge < -0.3 is 10.2 Å². The molecule has 0 heterocycles. The first kappa shape index (κ1) is 30.6. The van der Waals surface area contributed by atoms with E-state index >= 15 is 0 Å². The molecule has 1 aliphatic rings. The van der Waals surface area contributed by atoms with Crippen LogP contribution >= 0.6 is 11.6 Å². The summed E-state index contributed by atoms with van der Waals surface area (Å²) in [7, 11) is -4.16. The standard InChI is InChI=1S/C32H38ClN3O4S/c1-4-29(32(38)34-26-13-8-9-14-26)35(21-25-11-6-5-7-12-25)31(37)22-36(30-16-10-15-28(33)24(30)3)41(39,40)27-19-17-23(2)18-20-27/h5-7,10-12,15-20,26,29H,4,8-9,13-14,21-22H2,1-3H3,(H,34,38)/t29-/m0/s1. The van der Waals surface area contributed by atoms with Gasteiger partial charge in [0, 0.05) is 17.6 Å². The van der Waals surface area contributed by atoms with Crippen LogP contribution in [0.4, 0.5) is 5.69 Å². The highest BCUT2D eigenvalue weighted by atomic mass is 35.5. The van der Waals surface area contributed by atoms with Gasteiger partial charge in [0.1, 0.15) is 12.6 Å². The van der Waals surface area contributed by atoms with Gasteiger partial charge in [-0.2, -0.15) is 0 Å². The fourth-order valence-electron chi connectivity index (χ4n) is 5.28. The van der Waals surface area contributed by atoms with Gasteiger partial charge in [0.25, 0.3) is 10.0 Å². The molecule has 218 valence electrons. The summed E-state index contributed by atoms with van der Waals surface area (Å²) >= 11 is 6.41. The van der Waals surface area contributed by atoms with Crippen LogP contribution in [-0.4, -0.2) is 43.8 Å². The van der Waals surface area contributed by atoms with Crippen molar-refractivity contribution < 1.29 is 18.0 Å². The van der Waals surface area contributed by atoms with E-state index in [1.54, 1.807) is 37.3 Å². The minimum absolute atomic E-state index is 0.0657. The van der Waals surface area contributed by atoms with Crippen LogP contribution in [0.1, 0.15) is 55.7 Å². The number of anilines is 1. The van der Waals surface area contributed by atoms with E-state index in [0.29, 0.717) is 22.7 Å². The van der Waals surface area contributed by atoms with Crippen molar-refractivity contribution >= 4 is 39.1 Å². The number of halogens is 1. The van der Waals surface area contributed by atoms with E-state index in [-0.39, 0.29) is 23.4 Å². The number of hydrogen-bond donors (Lipinski definition) is 1. The molecule has 0 aliphatic heterocycles. The maximum absolute atomic E-state index is 14.2. The number of nitrogens with zero attached hydrogens (tertiary/aromatic N) is 2. The molecule has 0 radical (unpaired) electrons. The van der Waals surface area contributed by atoms with E-state index < -0.39 is 28.5 Å². The second-order valence-corrected chi connectivity index (χ2v) is 12.9. The molecule has 0 bridgehead atoms. The van der Waals surface area contributed by atoms with Crippen LogP contribution in [-0.2, 0) is 26.2 Å². The van der Waals surface area contributed by atoms with Crippen molar-refractivity contribution in [1.82, 2.24) is 10.2 Å². The zero-order chi connectivity index (χ0) is 29.6. The smallest absolute Gasteiger partial charge is 0.264 e. The quantitative estimate of drug-likeness (QED) is 0.294. The van der Waals surface area contributed by atoms with Crippen molar-refractivity contribution in [3.05, 3.63) is 94.5 Å². The van der Waals surface area contributed by atoms with Crippen LogP contribution in [0.3, 0.4) is 0 Å². The van der Waals surface area contributed by atoms with Gasteiger partial charge in [-0.25, -0.2) is 8.42 Å². The Balaban J connectivity index is 1.73. The van der Waals surface area contributed by atoms with Crippen molar-refractivity contribution in [2.45, 2.75) is 76.4 Å². The molecule has 1 fully saturated rings. The third kappa shape index (κ3) is 7.29. The van der Waals surface area contributed by atoms with Crippen LogP contribution in [0.2, 0.25) is 5.02 Å². The molecule has 1 aliphatic carbocycles. The zero-order valence-corrected chi connectivity index (χ0v) is 25.4. The molecule has 4 rings (SSSR count). The van der Waals surface area contributed by atoms with Crippen molar-refractivity contribution in [2.24, 2.45) is 0 Å². The summed E-state index contributed by atoms with van der Waals surface area (Å²) in [5, 5.41) is 3.52. The maximum Gasteiger partial charge on any atom is 0.264 e. The minimum atomic E-state index is -4.16. The summed E-state index contributed by atoms with van der Waals surface area (Å²) in [4.78, 5) is 29.3. The normalized spacial score (nSPS) is 14.4. The third-order valence-electron chi connectivity index (χ3n) is 7.68. The maximum atomic E-state index is 14.2. The average Bonchev–Trinajstić information content (AvgIpc) is 3.47. The van der Waals surface area contributed by atoms with E-state index in [0.717, 1.165) is 41.1 Å². The van der Waals surface area contributed by atoms with Crippen molar-refractivity contribution in [1.29, 1.82) is 0 Å². The van der Waals surface area contributed by atoms with Gasteiger partial charge in [0.2, 0.25) is 11.8 Å². The summed E-state index contributed by atoms with van der Waals surface area (Å²) in [6.07, 6.45) is 4.37. The predicted molar refractivity (Wildman–Crippen MR) is 163 cm³/mol. The molecule has 2 amide bonds. The first-order chi connectivity index (χ1) is 19.6. The summed E-state index contributed by atoms with van der Waals surface area (Å²) in [6, 6.07) is 20.3. The summed E-state index contributed by atoms with van der Waals surface area (Å²) in [5.41, 5.74) is 2.62. The lowest BCUT2D eigenvalue weighted by Gasteiger charge is -2.34. The number of nitrogens with one attached hydrogen (secondary N) is 1. The molecule has 3 aromatic rings. The highest BCUT2D eigenvalue weighted by Crippen LogP contribution is 2.31. The van der Waals surface area contributed by atoms with Crippen LogP contribution in [0.15, 0.2) is 77.7 Å². The number of carbonyl (C=O) groups is 2. The van der Waals surface area contributed by atoms with E-state index in [1.807, 2.05) is 44.2 Å². The van der Waals surface area contributed by atoms with Gasteiger partial charge in [0.15, 0.2) is 0 Å². The van der Waals surface area contributed by atoms with Gasteiger partial charge in [0.05, 0.1) is 10.6 Å². The molecule has 1 atom stereocenters. The molecule has 0 saturated heterocycles. The molecule has 0 spiro atoms. The lowest BCUT2D eigenvalue weighted by molar-refractivity contribution is -0.140. The van der Waals surface area contributed by atoms with Crippen LogP contribution in [0.25, 0.3) is 0 Å². The van der Waals surface area contributed by atoms with Crippen molar-refractivity contribution in [3.63, 3.8) is 0 Å². The molecule has 41 heavy (non-hydrogen) atoms. The molecule has 1 N–H and O–H groups in total. The largest absolute Gasteiger partial charge is 0.352 e. The topological polar surface area (TPSA) is 86.8 Å². The highest BCUT2D eigenvalue weighted by Gasteiger charge is 2.35. The Kier molecular flexibility index (Phi) is 10.1. The second-order valence-electron chi connectivity index (χ2n) is 10.6. The first-order valence-corrected chi connectivity index (χ1v) is 15.9. The van der Waals surface area contributed by atoms with Crippen molar-refractivity contribution in [2.75, 3.05) is 10.8 Å². The fraction of sp³-hybridized carbons (Fsp3) is 0.375. The Morgan fingerprint density at radius 2 is 1.61 bits per heavy atom. The number of amides is 2. The van der Waals surface area contributed by atoms with Gasteiger partial charge in [-0.3, -0.25) is 13.9 Å². The third-order valence-corrected chi connectivity index (χ3v) is 9.86. The van der Waals surface area contributed by atoms with Crippen LogP contribution in [0, 0.1) is 13.8 Å². The first-order valence-electron chi connectivity index (χ1n) is 14.1. The Bertz CT molecular complexity index is 1460. The number of hydrogen-bond acceptors (Lipinski definition) is 4. The Hall–Kier alpha value is -3.36. The summed E-state index contributed by atoms with van der Waals surface area (Å²) < 4.78 is 29.2. The van der Waals surface area contributed by atoms with Crippen LogP contribution < -0.4 is 9.62 Å². The van der Waals surface area contributed by atoms with Gasteiger partial charge in [-0.1, -0.05) is 85.5 Å². The Labute approximate surface area is 248 Å². The van der Waals surface area contributed by atoms with E-state index in [1.165, 1.54) is 17.0 Å². The van der Waals surface area contributed by atoms with Crippen molar-refractivity contribution in [3.8, 4) is 0 Å². The molecular weight excluding hydrogens is 558 g/mol. The van der Waals surface area contributed by atoms with E-state index in [9.17, 15) is 18.0 Å². The lowest BCUT2D eigenvalue weighted by atomic mass is 10.1. The number of carbonyl (C=O) groups excluding carboxylic acids is 2. The molecule has 9 heteroatoms. The number of rotatable bonds is 11. The minimum Gasteiger partial charge on any atom is -0.352 e. The molecule has 0 unspecified atom stereocenters. The Morgan fingerprint density at radius 3 is 2.24 bits per heavy atom. The van der Waals surface area contributed by atoms with Crippen LogP contribution in [0.5, 0.6) is 0 Å². The molecule has 1 saturated carbocycles. The SMILES string of the molecule is CC[C@@H](C(=O)NC1CCCC1)N(Cc1ccccc1)C(=O)CN(c1cccc(Cl)c1C)S(=O)(=O)c1ccc(C)cc1.